The first-order valence-corrected chi connectivity index (χ1v) is 10.6. The van der Waals surface area contributed by atoms with Crippen LogP contribution in [0.4, 0.5) is 0 Å². The van der Waals surface area contributed by atoms with E-state index >= 15 is 0 Å². The Balaban J connectivity index is 2.21. The van der Waals surface area contributed by atoms with Crippen LogP contribution in [-0.2, 0) is 24.5 Å². The highest BCUT2D eigenvalue weighted by Crippen LogP contribution is 2.59. The monoisotopic (exact) mass is 426 g/mol. The van der Waals surface area contributed by atoms with Crippen LogP contribution in [-0.4, -0.2) is 43.5 Å². The summed E-state index contributed by atoms with van der Waals surface area (Å²) in [6.45, 7) is 5.44. The van der Waals surface area contributed by atoms with Crippen molar-refractivity contribution in [2.45, 2.75) is 44.6 Å². The van der Waals surface area contributed by atoms with Crippen LogP contribution >= 0.6 is 0 Å². The molecule has 3 rings (SSSR count). The standard InChI is InChI=1S/C25H30O6/c1-5-30-22(27)25(23(28)31-6-2)16-20(17-12-14-19(29-4)15-13-17)24(3,21(25)26)18-10-8-7-9-11-18/h7-15,20-21,26H,5-6,16H2,1-4H3/t20-,21-,24?/m0/s1. The summed E-state index contributed by atoms with van der Waals surface area (Å²) < 4.78 is 15.9. The molecule has 0 heterocycles. The normalized spacial score (nSPS) is 24.4. The summed E-state index contributed by atoms with van der Waals surface area (Å²) in [6, 6.07) is 17.0. The quantitative estimate of drug-likeness (QED) is 0.538. The molecular weight excluding hydrogens is 396 g/mol. The SMILES string of the molecule is CCOC(=O)C1(C(=O)OCC)C[C@@H](c2ccc(OC)cc2)C(C)(c2ccccc2)[C@@H]1O. The average molecular weight is 427 g/mol. The minimum absolute atomic E-state index is 0.0730. The summed E-state index contributed by atoms with van der Waals surface area (Å²) in [7, 11) is 1.59. The van der Waals surface area contributed by atoms with Gasteiger partial charge in [0.25, 0.3) is 0 Å². The molecule has 6 heteroatoms. The van der Waals surface area contributed by atoms with Crippen molar-refractivity contribution in [1.29, 1.82) is 0 Å². The van der Waals surface area contributed by atoms with E-state index in [4.69, 9.17) is 14.2 Å². The summed E-state index contributed by atoms with van der Waals surface area (Å²) in [5.41, 5.74) is -1.03. The molecule has 0 aromatic heterocycles. The largest absolute Gasteiger partial charge is 0.497 e. The van der Waals surface area contributed by atoms with Gasteiger partial charge in [0.15, 0.2) is 5.41 Å². The van der Waals surface area contributed by atoms with Crippen molar-refractivity contribution in [3.8, 4) is 5.75 Å². The van der Waals surface area contributed by atoms with Gasteiger partial charge in [0.1, 0.15) is 5.75 Å². The Morgan fingerprint density at radius 3 is 2.00 bits per heavy atom. The predicted molar refractivity (Wildman–Crippen MR) is 116 cm³/mol. The Morgan fingerprint density at radius 2 is 1.52 bits per heavy atom. The van der Waals surface area contributed by atoms with Crippen LogP contribution in [0.1, 0.15) is 44.2 Å². The lowest BCUT2D eigenvalue weighted by Crippen LogP contribution is -2.52. The van der Waals surface area contributed by atoms with E-state index in [1.807, 2.05) is 61.5 Å². The smallest absolute Gasteiger partial charge is 0.326 e. The molecule has 0 saturated heterocycles. The molecule has 0 bridgehead atoms. The molecule has 31 heavy (non-hydrogen) atoms. The number of rotatable bonds is 7. The van der Waals surface area contributed by atoms with E-state index in [1.165, 1.54) is 0 Å². The van der Waals surface area contributed by atoms with E-state index in [2.05, 4.69) is 0 Å². The lowest BCUT2D eigenvalue weighted by molar-refractivity contribution is -0.180. The second-order valence-electron chi connectivity index (χ2n) is 7.99. The number of ether oxygens (including phenoxy) is 3. The van der Waals surface area contributed by atoms with Gasteiger partial charge in [0.2, 0.25) is 0 Å². The first kappa shape index (κ1) is 22.8. The third-order valence-corrected chi connectivity index (χ3v) is 6.48. The second kappa shape index (κ2) is 9.10. The fourth-order valence-electron chi connectivity index (χ4n) is 4.80. The van der Waals surface area contributed by atoms with E-state index in [1.54, 1.807) is 21.0 Å². The Morgan fingerprint density at radius 1 is 0.968 bits per heavy atom. The van der Waals surface area contributed by atoms with E-state index in [9.17, 15) is 14.7 Å². The zero-order valence-electron chi connectivity index (χ0n) is 18.5. The number of benzene rings is 2. The number of esters is 2. The summed E-state index contributed by atoms with van der Waals surface area (Å²) >= 11 is 0. The summed E-state index contributed by atoms with van der Waals surface area (Å²) in [4.78, 5) is 26.4. The first-order chi connectivity index (χ1) is 14.9. The Labute approximate surface area is 183 Å². The molecular formula is C25H30O6. The van der Waals surface area contributed by atoms with Crippen molar-refractivity contribution in [2.24, 2.45) is 5.41 Å². The molecule has 1 saturated carbocycles. The maximum Gasteiger partial charge on any atom is 0.326 e. The van der Waals surface area contributed by atoms with Crippen LogP contribution < -0.4 is 4.74 Å². The maximum atomic E-state index is 13.2. The molecule has 1 aliphatic rings. The van der Waals surface area contributed by atoms with Gasteiger partial charge in [-0.1, -0.05) is 49.4 Å². The van der Waals surface area contributed by atoms with Gasteiger partial charge in [0, 0.05) is 5.41 Å². The average Bonchev–Trinajstić information content (AvgIpc) is 3.04. The van der Waals surface area contributed by atoms with Gasteiger partial charge in [-0.25, -0.2) is 0 Å². The lowest BCUT2D eigenvalue weighted by Gasteiger charge is -2.37. The highest BCUT2D eigenvalue weighted by molar-refractivity contribution is 6.02. The molecule has 1 aliphatic carbocycles. The number of hydrogen-bond donors (Lipinski definition) is 1. The van der Waals surface area contributed by atoms with Crippen LogP contribution in [0.5, 0.6) is 5.75 Å². The molecule has 0 radical (unpaired) electrons. The third kappa shape index (κ3) is 3.69. The van der Waals surface area contributed by atoms with E-state index < -0.39 is 28.9 Å². The van der Waals surface area contributed by atoms with Crippen molar-refractivity contribution in [1.82, 2.24) is 0 Å². The van der Waals surface area contributed by atoms with Gasteiger partial charge >= 0.3 is 11.9 Å². The predicted octanol–water partition coefficient (Wildman–Crippen LogP) is 3.61. The van der Waals surface area contributed by atoms with Crippen LogP contribution in [0.15, 0.2) is 54.6 Å². The number of aliphatic hydroxyl groups excluding tert-OH is 1. The van der Waals surface area contributed by atoms with E-state index in [0.717, 1.165) is 11.1 Å². The molecule has 2 aromatic carbocycles. The van der Waals surface area contributed by atoms with E-state index in [-0.39, 0.29) is 25.6 Å². The Bertz CT molecular complexity index is 889. The molecule has 3 atom stereocenters. The van der Waals surface area contributed by atoms with Crippen molar-refractivity contribution in [3.63, 3.8) is 0 Å². The molecule has 166 valence electrons. The van der Waals surface area contributed by atoms with Gasteiger partial charge in [-0.15, -0.1) is 0 Å². The van der Waals surface area contributed by atoms with Crippen LogP contribution in [0.2, 0.25) is 0 Å². The molecule has 2 aromatic rings. The number of carbonyl (C=O) groups excluding carboxylic acids is 2. The second-order valence-corrected chi connectivity index (χ2v) is 7.99. The zero-order valence-corrected chi connectivity index (χ0v) is 18.5. The van der Waals surface area contributed by atoms with Gasteiger partial charge < -0.3 is 19.3 Å². The molecule has 0 spiro atoms. The highest BCUT2D eigenvalue weighted by Gasteiger charge is 2.69. The Hall–Kier alpha value is -2.86. The summed E-state index contributed by atoms with van der Waals surface area (Å²) in [5.74, 6) is -1.14. The highest BCUT2D eigenvalue weighted by atomic mass is 16.6. The maximum absolute atomic E-state index is 13.2. The number of aliphatic hydroxyl groups is 1. The fourth-order valence-corrected chi connectivity index (χ4v) is 4.80. The number of hydrogen-bond acceptors (Lipinski definition) is 6. The topological polar surface area (TPSA) is 82.1 Å². The van der Waals surface area contributed by atoms with Crippen molar-refractivity contribution in [2.75, 3.05) is 20.3 Å². The van der Waals surface area contributed by atoms with Gasteiger partial charge in [0.05, 0.1) is 26.4 Å². The molecule has 0 amide bonds. The molecule has 1 fully saturated rings. The molecule has 1 N–H and O–H groups in total. The summed E-state index contributed by atoms with van der Waals surface area (Å²) in [5, 5.41) is 11.7. The molecule has 0 aliphatic heterocycles. The van der Waals surface area contributed by atoms with E-state index in [0.29, 0.717) is 5.75 Å². The third-order valence-electron chi connectivity index (χ3n) is 6.48. The van der Waals surface area contributed by atoms with Crippen LogP contribution in [0, 0.1) is 5.41 Å². The van der Waals surface area contributed by atoms with Gasteiger partial charge in [-0.2, -0.15) is 0 Å². The molecule has 6 nitrogen and oxygen atoms in total. The van der Waals surface area contributed by atoms with Crippen LogP contribution in [0.25, 0.3) is 0 Å². The number of carbonyl (C=O) groups is 2. The minimum Gasteiger partial charge on any atom is -0.497 e. The Kier molecular flexibility index (Phi) is 6.70. The first-order valence-electron chi connectivity index (χ1n) is 10.6. The fraction of sp³-hybridized carbons (Fsp3) is 0.440. The van der Waals surface area contributed by atoms with Crippen LogP contribution in [0.3, 0.4) is 0 Å². The van der Waals surface area contributed by atoms with Crippen molar-refractivity contribution >= 4 is 11.9 Å². The van der Waals surface area contributed by atoms with Crippen molar-refractivity contribution < 1.29 is 28.9 Å². The minimum atomic E-state index is -1.82. The van der Waals surface area contributed by atoms with Gasteiger partial charge in [-0.05, 0) is 49.4 Å². The molecule has 1 unspecified atom stereocenters. The number of methoxy groups -OCH3 is 1. The van der Waals surface area contributed by atoms with Gasteiger partial charge in [-0.3, -0.25) is 9.59 Å². The summed E-state index contributed by atoms with van der Waals surface area (Å²) in [6.07, 6.45) is -1.27. The lowest BCUT2D eigenvalue weighted by atomic mass is 9.69. The zero-order chi connectivity index (χ0) is 22.6. The van der Waals surface area contributed by atoms with Crippen molar-refractivity contribution in [3.05, 3.63) is 65.7 Å².